The fourth-order valence-electron chi connectivity index (χ4n) is 2.84. The first kappa shape index (κ1) is 17.3. The van der Waals surface area contributed by atoms with Gasteiger partial charge in [0.25, 0.3) is 11.8 Å². The highest BCUT2D eigenvalue weighted by Crippen LogP contribution is 2.22. The van der Waals surface area contributed by atoms with Crippen LogP contribution in [0.2, 0.25) is 0 Å². The van der Waals surface area contributed by atoms with Gasteiger partial charge in [-0.15, -0.1) is 22.0 Å². The third-order valence-electron chi connectivity index (χ3n) is 4.07. The number of amides is 2. The van der Waals surface area contributed by atoms with Gasteiger partial charge in [-0.25, -0.2) is 4.57 Å². The van der Waals surface area contributed by atoms with Crippen molar-refractivity contribution in [3.8, 4) is 0 Å². The second-order valence-corrected chi connectivity index (χ2v) is 5.60. The Morgan fingerprint density at radius 2 is 1.44 bits per heavy atom. The normalized spacial score (nSPS) is 13.0. The van der Waals surface area contributed by atoms with Crippen molar-refractivity contribution in [2.75, 3.05) is 6.61 Å². The van der Waals surface area contributed by atoms with E-state index in [2.05, 4.69) is 6.07 Å². The second kappa shape index (κ2) is 7.13. The largest absolute Gasteiger partial charge is 0.285 e. The van der Waals surface area contributed by atoms with Gasteiger partial charge in [0.15, 0.2) is 18.9 Å². The number of hydrogen-bond donors (Lipinski definition) is 0. The van der Waals surface area contributed by atoms with Gasteiger partial charge in [0.1, 0.15) is 6.61 Å². The number of carbonyl (C=O) groups excluding carboxylic acids is 2. The van der Waals surface area contributed by atoms with Crippen LogP contribution >= 0.6 is 17.0 Å². The zero-order valence-corrected chi connectivity index (χ0v) is 15.0. The predicted octanol–water partition coefficient (Wildman–Crippen LogP) is 2.93. The molecule has 1 aliphatic heterocycles. The third-order valence-corrected chi connectivity index (χ3v) is 4.07. The van der Waals surface area contributed by atoms with Gasteiger partial charge in [-0.3, -0.25) is 14.4 Å². The molecule has 0 N–H and O–H groups in total. The van der Waals surface area contributed by atoms with E-state index in [4.69, 9.17) is 4.84 Å². The van der Waals surface area contributed by atoms with Crippen molar-refractivity contribution >= 4 is 39.6 Å². The zero-order chi connectivity index (χ0) is 16.5. The lowest BCUT2D eigenvalue weighted by molar-refractivity contribution is -0.698. The van der Waals surface area contributed by atoms with Crippen LogP contribution < -0.4 is 4.57 Å². The maximum absolute atomic E-state index is 12.2. The van der Waals surface area contributed by atoms with E-state index < -0.39 is 11.8 Å². The summed E-state index contributed by atoms with van der Waals surface area (Å²) in [7, 11) is 0. The van der Waals surface area contributed by atoms with Gasteiger partial charge >= 0.3 is 0 Å². The van der Waals surface area contributed by atoms with E-state index in [1.165, 1.54) is 0 Å². The van der Waals surface area contributed by atoms with Gasteiger partial charge in [0.2, 0.25) is 0 Å². The zero-order valence-electron chi connectivity index (χ0n) is 13.3. The Morgan fingerprint density at radius 3 is 2.12 bits per heavy atom. The summed E-state index contributed by atoms with van der Waals surface area (Å²) in [6, 6.07) is 16.8. The molecule has 0 spiro atoms. The standard InChI is InChI=1S/C19H15N2O3.BrH/c22-18-16-7-3-4-8-17(16)19(23)21(18)24-12-11-20-10-9-14-5-1-2-6-15(14)13-20;/h1-10,13H,11-12H2;1H/q+1;. The molecule has 6 heteroatoms. The maximum Gasteiger partial charge on any atom is 0.285 e. The van der Waals surface area contributed by atoms with Crippen molar-refractivity contribution in [2.24, 2.45) is 0 Å². The molecule has 5 nitrogen and oxygen atoms in total. The summed E-state index contributed by atoms with van der Waals surface area (Å²) in [6.07, 6.45) is 3.97. The van der Waals surface area contributed by atoms with Crippen LogP contribution in [0, 0.1) is 0 Å². The first-order chi connectivity index (χ1) is 11.7. The molecule has 1 aliphatic rings. The lowest BCUT2D eigenvalue weighted by atomic mass is 10.1. The van der Waals surface area contributed by atoms with Crippen LogP contribution in [0.25, 0.3) is 10.8 Å². The number of hydroxylamine groups is 2. The van der Waals surface area contributed by atoms with Crippen molar-refractivity contribution in [3.63, 3.8) is 0 Å². The van der Waals surface area contributed by atoms with Crippen LogP contribution in [0.4, 0.5) is 0 Å². The van der Waals surface area contributed by atoms with E-state index in [-0.39, 0.29) is 23.6 Å². The number of nitrogens with zero attached hydrogens (tertiary/aromatic N) is 2. The van der Waals surface area contributed by atoms with Crippen molar-refractivity contribution in [2.45, 2.75) is 6.54 Å². The summed E-state index contributed by atoms with van der Waals surface area (Å²) >= 11 is 0. The highest BCUT2D eigenvalue weighted by molar-refractivity contribution is 8.93. The number of benzene rings is 2. The SMILES string of the molecule is Br.O=C1c2ccccc2C(=O)N1OCC[n+]1ccc2ccccc2c1. The molecule has 0 unspecified atom stereocenters. The summed E-state index contributed by atoms with van der Waals surface area (Å²) in [5.74, 6) is -0.807. The molecule has 0 bridgehead atoms. The number of fused-ring (bicyclic) bond motifs is 2. The number of imide groups is 1. The smallest absolute Gasteiger partial charge is 0.266 e. The number of aromatic nitrogens is 1. The Kier molecular flexibility index (Phi) is 4.92. The minimum atomic E-state index is -0.404. The van der Waals surface area contributed by atoms with E-state index in [1.807, 2.05) is 41.2 Å². The fraction of sp³-hybridized carbons (Fsp3) is 0.105. The lowest BCUT2D eigenvalue weighted by Gasteiger charge is -2.11. The molecule has 2 aromatic carbocycles. The molecular formula is C19H16BrN2O3+. The van der Waals surface area contributed by atoms with Gasteiger partial charge in [0, 0.05) is 11.5 Å². The minimum absolute atomic E-state index is 0. The Bertz CT molecular complexity index is 923. The molecule has 2 amide bonds. The van der Waals surface area contributed by atoms with Gasteiger partial charge in [0.05, 0.1) is 11.1 Å². The molecule has 0 aliphatic carbocycles. The molecule has 3 aromatic rings. The molecule has 4 rings (SSSR count). The van der Waals surface area contributed by atoms with Crippen molar-refractivity contribution in [3.05, 3.63) is 78.1 Å². The number of halogens is 1. The van der Waals surface area contributed by atoms with Gasteiger partial charge in [-0.2, -0.15) is 0 Å². The van der Waals surface area contributed by atoms with Crippen LogP contribution in [0.1, 0.15) is 20.7 Å². The molecule has 0 saturated carbocycles. The Morgan fingerprint density at radius 1 is 0.840 bits per heavy atom. The Hall–Kier alpha value is -2.57. The summed E-state index contributed by atoms with van der Waals surface area (Å²) in [5, 5.41) is 3.14. The molecule has 25 heavy (non-hydrogen) atoms. The molecule has 0 saturated heterocycles. The van der Waals surface area contributed by atoms with Crippen molar-refractivity contribution < 1.29 is 19.0 Å². The molecule has 0 atom stereocenters. The second-order valence-electron chi connectivity index (χ2n) is 5.60. The van der Waals surface area contributed by atoms with Crippen LogP contribution in [0.5, 0.6) is 0 Å². The average molecular weight is 400 g/mol. The summed E-state index contributed by atoms with van der Waals surface area (Å²) in [5.41, 5.74) is 0.779. The van der Waals surface area contributed by atoms with Crippen LogP contribution in [-0.4, -0.2) is 23.5 Å². The third kappa shape index (κ3) is 3.18. The molecule has 0 fully saturated rings. The van der Waals surface area contributed by atoms with Gasteiger partial charge in [-0.05, 0) is 23.6 Å². The molecular weight excluding hydrogens is 384 g/mol. The molecule has 0 radical (unpaired) electrons. The van der Waals surface area contributed by atoms with Crippen molar-refractivity contribution in [1.82, 2.24) is 5.06 Å². The number of carbonyl (C=O) groups is 2. The Balaban J connectivity index is 0.00000182. The average Bonchev–Trinajstić information content (AvgIpc) is 2.87. The summed E-state index contributed by atoms with van der Waals surface area (Å²) < 4.78 is 1.97. The molecule has 2 heterocycles. The monoisotopic (exact) mass is 399 g/mol. The Labute approximate surface area is 155 Å². The van der Waals surface area contributed by atoms with Crippen LogP contribution in [0.3, 0.4) is 0 Å². The van der Waals surface area contributed by atoms with Crippen molar-refractivity contribution in [1.29, 1.82) is 0 Å². The topological polar surface area (TPSA) is 50.5 Å². The molecule has 126 valence electrons. The van der Waals surface area contributed by atoms with Gasteiger partial charge in [-0.1, -0.05) is 30.3 Å². The quantitative estimate of drug-likeness (QED) is 0.500. The first-order valence-electron chi connectivity index (χ1n) is 7.72. The maximum atomic E-state index is 12.2. The summed E-state index contributed by atoms with van der Waals surface area (Å²) in [4.78, 5) is 29.8. The molecule has 1 aromatic heterocycles. The van der Waals surface area contributed by atoms with Crippen LogP contribution in [-0.2, 0) is 11.4 Å². The lowest BCUT2D eigenvalue weighted by Crippen LogP contribution is -2.38. The summed E-state index contributed by atoms with van der Waals surface area (Å²) in [6.45, 7) is 0.771. The van der Waals surface area contributed by atoms with Gasteiger partial charge < -0.3 is 0 Å². The van der Waals surface area contributed by atoms with E-state index >= 15 is 0 Å². The van der Waals surface area contributed by atoms with E-state index in [0.29, 0.717) is 17.7 Å². The number of rotatable bonds is 4. The highest BCUT2D eigenvalue weighted by Gasteiger charge is 2.36. The van der Waals surface area contributed by atoms with E-state index in [1.54, 1.807) is 24.3 Å². The fourth-order valence-corrected chi connectivity index (χ4v) is 2.84. The van der Waals surface area contributed by atoms with E-state index in [0.717, 1.165) is 15.8 Å². The highest BCUT2D eigenvalue weighted by atomic mass is 79.9. The van der Waals surface area contributed by atoms with E-state index in [9.17, 15) is 9.59 Å². The number of pyridine rings is 1. The minimum Gasteiger partial charge on any atom is -0.266 e. The first-order valence-corrected chi connectivity index (χ1v) is 7.72. The number of hydrogen-bond acceptors (Lipinski definition) is 3. The van der Waals surface area contributed by atoms with Crippen LogP contribution in [0.15, 0.2) is 67.0 Å². The predicted molar refractivity (Wildman–Crippen MR) is 97.4 cm³/mol.